The summed E-state index contributed by atoms with van der Waals surface area (Å²) in [4.78, 5) is 16.3. The number of carbonyl (C=O) groups excluding carboxylic acids is 1. The first-order valence-electron chi connectivity index (χ1n) is 5.94. The summed E-state index contributed by atoms with van der Waals surface area (Å²) in [6.07, 6.45) is 1.43. The first kappa shape index (κ1) is 15.0. The second-order valence-corrected chi connectivity index (χ2v) is 4.59. The van der Waals surface area contributed by atoms with Crippen LogP contribution in [0.25, 0.3) is 0 Å². The molecule has 0 unspecified atom stereocenters. The minimum Gasteiger partial charge on any atom is -0.380 e. The van der Waals surface area contributed by atoms with Crippen molar-refractivity contribution in [3.63, 3.8) is 0 Å². The molecule has 0 atom stereocenters. The number of amidine groups is 1. The molecule has 0 aliphatic heterocycles. The molecule has 8 heteroatoms. The Hall–Kier alpha value is -2.41. The molecule has 0 saturated carbocycles. The number of nitrogens with two attached hydrogens (primary N) is 1. The van der Waals surface area contributed by atoms with Crippen molar-refractivity contribution < 1.29 is 14.0 Å². The van der Waals surface area contributed by atoms with Gasteiger partial charge in [0.25, 0.3) is 0 Å². The van der Waals surface area contributed by atoms with E-state index in [9.17, 15) is 9.18 Å². The Morgan fingerprint density at radius 3 is 2.71 bits per heavy atom. The van der Waals surface area contributed by atoms with Crippen LogP contribution in [0.3, 0.4) is 0 Å². The van der Waals surface area contributed by atoms with Crippen LogP contribution in [0.2, 0.25) is 5.02 Å². The zero-order valence-electron chi connectivity index (χ0n) is 11.1. The van der Waals surface area contributed by atoms with Gasteiger partial charge in [0, 0.05) is 5.56 Å². The van der Waals surface area contributed by atoms with Crippen molar-refractivity contribution in [1.82, 2.24) is 9.78 Å². The first-order valence-corrected chi connectivity index (χ1v) is 6.32. The molecule has 0 aliphatic rings. The van der Waals surface area contributed by atoms with Crippen molar-refractivity contribution in [2.24, 2.45) is 10.9 Å². The molecule has 0 radical (unpaired) electrons. The molecule has 2 rings (SSSR count). The quantitative estimate of drug-likeness (QED) is 0.404. The van der Waals surface area contributed by atoms with Crippen LogP contribution in [-0.4, -0.2) is 21.6 Å². The van der Waals surface area contributed by atoms with Crippen molar-refractivity contribution in [2.75, 3.05) is 0 Å². The highest BCUT2D eigenvalue weighted by Crippen LogP contribution is 2.13. The van der Waals surface area contributed by atoms with Gasteiger partial charge in [-0.05, 0) is 31.2 Å². The molecule has 1 heterocycles. The van der Waals surface area contributed by atoms with E-state index in [0.29, 0.717) is 16.3 Å². The molecule has 0 aliphatic carbocycles. The highest BCUT2D eigenvalue weighted by molar-refractivity contribution is 6.31. The smallest absolute Gasteiger partial charge is 0.356 e. The van der Waals surface area contributed by atoms with Gasteiger partial charge in [-0.15, -0.1) is 0 Å². The van der Waals surface area contributed by atoms with Gasteiger partial charge in [0.1, 0.15) is 12.4 Å². The second-order valence-electron chi connectivity index (χ2n) is 4.18. The molecule has 6 nitrogen and oxygen atoms in total. The number of hydrogen-bond donors (Lipinski definition) is 1. The first-order chi connectivity index (χ1) is 9.97. The summed E-state index contributed by atoms with van der Waals surface area (Å²) in [5, 5.41) is 7.87. The van der Waals surface area contributed by atoms with Gasteiger partial charge < -0.3 is 10.6 Å². The fraction of sp³-hybridized carbons (Fsp3) is 0.154. The average molecular weight is 311 g/mol. The van der Waals surface area contributed by atoms with E-state index in [4.69, 9.17) is 17.3 Å². The van der Waals surface area contributed by atoms with Gasteiger partial charge in [0.15, 0.2) is 5.84 Å². The fourth-order valence-electron chi connectivity index (χ4n) is 1.51. The third kappa shape index (κ3) is 3.79. The number of halogens is 2. The third-order valence-corrected chi connectivity index (χ3v) is 3.08. The van der Waals surface area contributed by atoms with Crippen molar-refractivity contribution in [2.45, 2.75) is 13.5 Å². The van der Waals surface area contributed by atoms with Crippen LogP contribution in [0.15, 0.2) is 35.6 Å². The van der Waals surface area contributed by atoms with Crippen LogP contribution in [0.5, 0.6) is 0 Å². The van der Waals surface area contributed by atoms with Gasteiger partial charge in [-0.3, -0.25) is 4.68 Å². The molecular formula is C13H12ClFN4O2. The van der Waals surface area contributed by atoms with Crippen LogP contribution in [0, 0.1) is 12.7 Å². The van der Waals surface area contributed by atoms with E-state index in [1.54, 1.807) is 6.92 Å². The third-order valence-electron chi connectivity index (χ3n) is 2.71. The molecule has 2 N–H and O–H groups in total. The van der Waals surface area contributed by atoms with Crippen molar-refractivity contribution in [3.05, 3.63) is 52.6 Å². The molecule has 0 saturated heterocycles. The summed E-state index contributed by atoms with van der Waals surface area (Å²) in [6, 6.07) is 5.32. The van der Waals surface area contributed by atoms with Crippen LogP contribution >= 0.6 is 11.6 Å². The molecule has 2 aromatic rings. The molecule has 0 amide bonds. The zero-order chi connectivity index (χ0) is 15.4. The Bertz CT molecular complexity index is 682. The van der Waals surface area contributed by atoms with Crippen LogP contribution in [0.4, 0.5) is 4.39 Å². The van der Waals surface area contributed by atoms with Gasteiger partial charge >= 0.3 is 5.97 Å². The van der Waals surface area contributed by atoms with Crippen LogP contribution < -0.4 is 5.73 Å². The molecule has 1 aromatic heterocycles. The summed E-state index contributed by atoms with van der Waals surface area (Å²) in [5.41, 5.74) is 6.72. The lowest BCUT2D eigenvalue weighted by molar-refractivity contribution is -0.144. The van der Waals surface area contributed by atoms with Crippen LogP contribution in [0.1, 0.15) is 11.3 Å². The lowest BCUT2D eigenvalue weighted by Gasteiger charge is -2.03. The Morgan fingerprint density at radius 1 is 1.48 bits per heavy atom. The summed E-state index contributed by atoms with van der Waals surface area (Å²) in [7, 11) is 0. The highest BCUT2D eigenvalue weighted by Gasteiger charge is 2.10. The number of hydrogen-bond acceptors (Lipinski definition) is 4. The SMILES string of the molecule is Cc1c(Cl)cnn1CC(=O)O/N=C(\N)c1ccc(F)cc1. The molecule has 0 spiro atoms. The van der Waals surface area contributed by atoms with Gasteiger partial charge in [-0.1, -0.05) is 16.8 Å². The molecule has 1 aromatic carbocycles. The number of rotatable bonds is 4. The van der Waals surface area contributed by atoms with Crippen LogP contribution in [-0.2, 0) is 16.2 Å². The second kappa shape index (κ2) is 6.36. The maximum absolute atomic E-state index is 12.8. The summed E-state index contributed by atoms with van der Waals surface area (Å²) in [6.45, 7) is 1.58. The van der Waals surface area contributed by atoms with Crippen molar-refractivity contribution in [3.8, 4) is 0 Å². The number of carbonyl (C=O) groups is 1. The van der Waals surface area contributed by atoms with E-state index in [-0.39, 0.29) is 12.4 Å². The Morgan fingerprint density at radius 2 is 2.14 bits per heavy atom. The molecular weight excluding hydrogens is 299 g/mol. The predicted octanol–water partition coefficient (Wildman–Crippen LogP) is 1.85. The van der Waals surface area contributed by atoms with Gasteiger partial charge in [-0.25, -0.2) is 9.18 Å². The molecule has 0 fully saturated rings. The van der Waals surface area contributed by atoms with E-state index >= 15 is 0 Å². The molecule has 110 valence electrons. The van der Waals surface area contributed by atoms with E-state index < -0.39 is 11.8 Å². The normalized spacial score (nSPS) is 11.5. The summed E-state index contributed by atoms with van der Waals surface area (Å²) >= 11 is 5.82. The Labute approximate surface area is 124 Å². The Balaban J connectivity index is 1.98. The van der Waals surface area contributed by atoms with E-state index in [1.165, 1.54) is 35.1 Å². The number of nitrogens with zero attached hydrogens (tertiary/aromatic N) is 3. The lowest BCUT2D eigenvalue weighted by atomic mass is 10.2. The monoisotopic (exact) mass is 310 g/mol. The maximum atomic E-state index is 12.8. The van der Waals surface area contributed by atoms with Gasteiger partial charge in [0.2, 0.25) is 0 Å². The summed E-state index contributed by atoms with van der Waals surface area (Å²) < 4.78 is 14.1. The topological polar surface area (TPSA) is 82.5 Å². The minimum absolute atomic E-state index is 0.0291. The Kier molecular flexibility index (Phi) is 4.54. The maximum Gasteiger partial charge on any atom is 0.356 e. The number of oxime groups is 1. The van der Waals surface area contributed by atoms with Gasteiger partial charge in [0.05, 0.1) is 16.9 Å². The molecule has 21 heavy (non-hydrogen) atoms. The number of aromatic nitrogens is 2. The lowest BCUT2D eigenvalue weighted by Crippen LogP contribution is -2.18. The van der Waals surface area contributed by atoms with E-state index in [1.807, 2.05) is 0 Å². The largest absolute Gasteiger partial charge is 0.380 e. The molecule has 0 bridgehead atoms. The summed E-state index contributed by atoms with van der Waals surface area (Å²) in [5.74, 6) is -1.07. The highest BCUT2D eigenvalue weighted by atomic mass is 35.5. The van der Waals surface area contributed by atoms with Crippen molar-refractivity contribution in [1.29, 1.82) is 0 Å². The van der Waals surface area contributed by atoms with E-state index in [2.05, 4.69) is 15.1 Å². The average Bonchev–Trinajstić information content (AvgIpc) is 2.77. The predicted molar refractivity (Wildman–Crippen MR) is 75.2 cm³/mol. The standard InChI is InChI=1S/C13H12ClFN4O2/c1-8-11(14)6-17-19(8)7-12(20)21-18-13(16)9-2-4-10(15)5-3-9/h2-6H,7H2,1H3,(H2,16,18). The zero-order valence-corrected chi connectivity index (χ0v) is 11.8. The van der Waals surface area contributed by atoms with Crippen molar-refractivity contribution >= 4 is 23.4 Å². The minimum atomic E-state index is -0.650. The fourth-order valence-corrected chi connectivity index (χ4v) is 1.65. The number of benzene rings is 1. The van der Waals surface area contributed by atoms with E-state index in [0.717, 1.165) is 0 Å². The van der Waals surface area contributed by atoms with Gasteiger partial charge in [-0.2, -0.15) is 5.10 Å².